The predicted molar refractivity (Wildman–Crippen MR) is 111 cm³/mol. The first-order valence-corrected chi connectivity index (χ1v) is 11.4. The molecule has 2 rings (SSSR count). The Hall–Kier alpha value is -2.38. The third-order valence-electron chi connectivity index (χ3n) is 3.96. The largest absolute Gasteiger partial charge is 0.459 e. The normalized spacial score (nSPS) is 13.7. The van der Waals surface area contributed by atoms with E-state index in [1.54, 1.807) is 48.5 Å². The van der Waals surface area contributed by atoms with Gasteiger partial charge in [-0.15, -0.1) is 0 Å². The number of alkyl carbamates (subject to hydrolysis) is 1. The van der Waals surface area contributed by atoms with Crippen molar-refractivity contribution >= 4 is 31.3 Å². The van der Waals surface area contributed by atoms with Crippen molar-refractivity contribution < 1.29 is 33.0 Å². The topological polar surface area (TPSA) is 111 Å². The number of esters is 1. The summed E-state index contributed by atoms with van der Waals surface area (Å²) in [5.74, 6) is -0.763. The second-order valence-electron chi connectivity index (χ2n) is 6.24. The van der Waals surface area contributed by atoms with Gasteiger partial charge in [0.1, 0.15) is 25.3 Å². The molecule has 162 valence electrons. The van der Waals surface area contributed by atoms with Crippen LogP contribution in [0.2, 0.25) is 0 Å². The molecule has 0 heterocycles. The summed E-state index contributed by atoms with van der Waals surface area (Å²) in [7, 11) is -4.00. The molecule has 0 spiro atoms. The molecule has 0 aliphatic heterocycles. The van der Waals surface area contributed by atoms with Crippen molar-refractivity contribution in [2.45, 2.75) is 25.7 Å². The zero-order chi connectivity index (χ0) is 21.8. The van der Waals surface area contributed by atoms with Gasteiger partial charge in [0.05, 0.1) is 6.16 Å². The molecule has 2 aromatic rings. The summed E-state index contributed by atoms with van der Waals surface area (Å²) in [5, 5.41) is 2.38. The fourth-order valence-electron chi connectivity index (χ4n) is 2.42. The van der Waals surface area contributed by atoms with E-state index < -0.39 is 37.9 Å². The van der Waals surface area contributed by atoms with Crippen LogP contribution in [-0.4, -0.2) is 35.2 Å². The molecule has 0 bridgehead atoms. The van der Waals surface area contributed by atoms with E-state index in [0.29, 0.717) is 0 Å². The lowest BCUT2D eigenvalue weighted by atomic mass is 10.2. The molecule has 2 aromatic carbocycles. The van der Waals surface area contributed by atoms with E-state index in [2.05, 4.69) is 9.84 Å². The lowest BCUT2D eigenvalue weighted by Gasteiger charge is -2.19. The second kappa shape index (κ2) is 12.3. The molecule has 8 nitrogen and oxygen atoms in total. The van der Waals surface area contributed by atoms with Crippen LogP contribution in [0, 0.1) is 0 Å². The third-order valence-corrected chi connectivity index (χ3v) is 5.58. The van der Waals surface area contributed by atoms with Gasteiger partial charge in [-0.2, -0.15) is 0 Å². The van der Waals surface area contributed by atoms with Gasteiger partial charge in [0, 0.05) is 0 Å². The Morgan fingerprint density at radius 1 is 0.967 bits per heavy atom. The fourth-order valence-corrected chi connectivity index (χ4v) is 3.74. The van der Waals surface area contributed by atoms with Gasteiger partial charge in [0.25, 0.3) is 0 Å². The van der Waals surface area contributed by atoms with Crippen molar-refractivity contribution in [1.29, 1.82) is 0 Å². The molecule has 30 heavy (non-hydrogen) atoms. The summed E-state index contributed by atoms with van der Waals surface area (Å²) in [6.07, 6.45) is -1.45. The van der Waals surface area contributed by atoms with E-state index >= 15 is 0 Å². The van der Waals surface area contributed by atoms with E-state index in [4.69, 9.17) is 21.1 Å². The van der Waals surface area contributed by atoms with Crippen molar-refractivity contribution in [3.8, 4) is 0 Å². The average molecular weight is 456 g/mol. The van der Waals surface area contributed by atoms with E-state index in [9.17, 15) is 19.0 Å². The number of carbonyl (C=O) groups is 2. The molecular formula is C20H23ClNO7P. The molecule has 2 N–H and O–H groups in total. The summed E-state index contributed by atoms with van der Waals surface area (Å²) < 4.78 is 26.8. The van der Waals surface area contributed by atoms with Crippen LogP contribution in [0.5, 0.6) is 0 Å². The maximum atomic E-state index is 12.5. The maximum absolute atomic E-state index is 12.5. The number of benzene rings is 2. The highest BCUT2D eigenvalue weighted by atomic mass is 35.5. The lowest BCUT2D eigenvalue weighted by molar-refractivity contribution is -0.147. The van der Waals surface area contributed by atoms with Crippen molar-refractivity contribution in [3.63, 3.8) is 0 Å². The number of hydrogen-bond donors (Lipinski definition) is 2. The van der Waals surface area contributed by atoms with Crippen molar-refractivity contribution in [1.82, 2.24) is 5.32 Å². The Kier molecular flexibility index (Phi) is 9.83. The minimum absolute atomic E-state index is 0.00626. The van der Waals surface area contributed by atoms with Gasteiger partial charge < -0.3 is 19.7 Å². The average Bonchev–Trinajstić information content (AvgIpc) is 2.75. The fraction of sp³-hybridized carbons (Fsp3) is 0.300. The quantitative estimate of drug-likeness (QED) is 0.301. The highest BCUT2D eigenvalue weighted by molar-refractivity contribution is 7.52. The highest BCUT2D eigenvalue weighted by Crippen LogP contribution is 2.42. The van der Waals surface area contributed by atoms with Gasteiger partial charge in [0.2, 0.25) is 0 Å². The molecule has 1 amide bonds. The van der Waals surface area contributed by atoms with E-state index in [0.717, 1.165) is 11.1 Å². The van der Waals surface area contributed by atoms with Crippen LogP contribution in [-0.2, 0) is 36.6 Å². The summed E-state index contributed by atoms with van der Waals surface area (Å²) >= 11 is 5.33. The third kappa shape index (κ3) is 8.97. The van der Waals surface area contributed by atoms with Crippen LogP contribution in [0.3, 0.4) is 0 Å². The van der Waals surface area contributed by atoms with E-state index in [-0.39, 0.29) is 19.6 Å². The number of carbonyl (C=O) groups excluding carboxylic acids is 2. The van der Waals surface area contributed by atoms with Crippen LogP contribution in [0.1, 0.15) is 17.5 Å². The minimum atomic E-state index is -4.00. The number of alkyl halides is 1. The molecule has 0 aromatic heterocycles. The first-order chi connectivity index (χ1) is 14.4. The molecule has 0 aliphatic rings. The molecule has 2 atom stereocenters. The van der Waals surface area contributed by atoms with Crippen molar-refractivity contribution in [3.05, 3.63) is 71.8 Å². The van der Waals surface area contributed by atoms with Gasteiger partial charge in [-0.1, -0.05) is 72.3 Å². The van der Waals surface area contributed by atoms with Crippen LogP contribution >= 0.6 is 19.2 Å². The summed E-state index contributed by atoms with van der Waals surface area (Å²) in [6.45, 7) is -0.00180. The summed E-state index contributed by atoms with van der Waals surface area (Å²) in [4.78, 5) is 34.3. The van der Waals surface area contributed by atoms with Gasteiger partial charge in [-0.05, 0) is 17.5 Å². The minimum Gasteiger partial charge on any atom is -0.459 e. The summed E-state index contributed by atoms with van der Waals surface area (Å²) in [5.41, 5.74) is 1.53. The Morgan fingerprint density at radius 3 is 2.03 bits per heavy atom. The molecule has 0 fully saturated rings. The molecule has 2 unspecified atom stereocenters. The van der Waals surface area contributed by atoms with Crippen molar-refractivity contribution in [2.75, 3.05) is 12.2 Å². The standard InChI is InChI=1S/C20H23ClNO7P/c21-15-29-30(25,26)12-11-18(19(23)27-13-16-7-3-1-4-8-16)22-20(24)28-14-17-9-5-2-6-10-17/h1-10,18H,11-15H2,(H,22,24)(H,25,26). The second-order valence-corrected chi connectivity index (χ2v) is 8.44. The molecule has 0 saturated carbocycles. The van der Waals surface area contributed by atoms with Crippen LogP contribution < -0.4 is 5.32 Å². The first-order valence-electron chi connectivity index (χ1n) is 9.10. The Balaban J connectivity index is 1.95. The smallest absolute Gasteiger partial charge is 0.408 e. The number of amides is 1. The van der Waals surface area contributed by atoms with Crippen LogP contribution in [0.25, 0.3) is 0 Å². The number of rotatable bonds is 11. The number of nitrogens with one attached hydrogen (secondary N) is 1. The Bertz CT molecular complexity index is 851. The van der Waals surface area contributed by atoms with Crippen LogP contribution in [0.4, 0.5) is 4.79 Å². The highest BCUT2D eigenvalue weighted by Gasteiger charge is 2.28. The zero-order valence-electron chi connectivity index (χ0n) is 16.1. The van der Waals surface area contributed by atoms with E-state index in [1.807, 2.05) is 12.1 Å². The molecule has 10 heteroatoms. The van der Waals surface area contributed by atoms with Gasteiger partial charge in [-0.3, -0.25) is 9.09 Å². The Labute approximate surface area is 179 Å². The SMILES string of the molecule is O=C(NC(CCP(=O)(O)OCCl)C(=O)OCc1ccccc1)OCc1ccccc1. The lowest BCUT2D eigenvalue weighted by Crippen LogP contribution is -2.42. The predicted octanol–water partition coefficient (Wildman–Crippen LogP) is 3.81. The van der Waals surface area contributed by atoms with Gasteiger partial charge in [-0.25, -0.2) is 9.59 Å². The molecular weight excluding hydrogens is 433 g/mol. The maximum Gasteiger partial charge on any atom is 0.408 e. The Morgan fingerprint density at radius 2 is 1.50 bits per heavy atom. The molecule has 0 saturated heterocycles. The summed E-state index contributed by atoms with van der Waals surface area (Å²) in [6, 6.07) is 16.3. The number of halogens is 1. The van der Waals surface area contributed by atoms with Crippen molar-refractivity contribution in [2.24, 2.45) is 0 Å². The van der Waals surface area contributed by atoms with Gasteiger partial charge in [0.15, 0.2) is 0 Å². The van der Waals surface area contributed by atoms with Gasteiger partial charge >= 0.3 is 19.7 Å². The monoisotopic (exact) mass is 455 g/mol. The van der Waals surface area contributed by atoms with Crippen LogP contribution in [0.15, 0.2) is 60.7 Å². The first kappa shape index (κ1) is 23.9. The number of ether oxygens (including phenoxy) is 2. The molecule has 0 aliphatic carbocycles. The molecule has 0 radical (unpaired) electrons. The zero-order valence-corrected chi connectivity index (χ0v) is 17.8. The number of hydrogen-bond acceptors (Lipinski definition) is 6. The van der Waals surface area contributed by atoms with E-state index in [1.165, 1.54) is 0 Å².